The van der Waals surface area contributed by atoms with Crippen LogP contribution in [-0.4, -0.2) is 16.4 Å². The van der Waals surface area contributed by atoms with Crippen molar-refractivity contribution in [1.29, 1.82) is 0 Å². The van der Waals surface area contributed by atoms with Crippen LogP contribution in [0.25, 0.3) is 10.9 Å². The van der Waals surface area contributed by atoms with Crippen molar-refractivity contribution in [3.8, 4) is 0 Å². The molecule has 2 N–H and O–H groups in total. The van der Waals surface area contributed by atoms with E-state index in [0.717, 1.165) is 22.2 Å². The summed E-state index contributed by atoms with van der Waals surface area (Å²) in [7, 11) is 0. The topological polar surface area (TPSA) is 65.1 Å². The molecule has 0 fully saturated rings. The molecule has 0 atom stereocenters. The van der Waals surface area contributed by atoms with Crippen LogP contribution in [-0.2, 0) is 11.2 Å². The van der Waals surface area contributed by atoms with Crippen molar-refractivity contribution in [3.05, 3.63) is 70.4 Å². The van der Waals surface area contributed by atoms with Gasteiger partial charge in [0, 0.05) is 21.7 Å². The summed E-state index contributed by atoms with van der Waals surface area (Å²) in [4.78, 5) is 24.3. The quantitative estimate of drug-likeness (QED) is 0.802. The molecule has 0 radical (unpaired) electrons. The first-order chi connectivity index (χ1) is 11.0. The smallest absolute Gasteiger partial charge is 0.262 e. The van der Waals surface area contributed by atoms with Gasteiger partial charge in [-0.3, -0.25) is 14.2 Å². The van der Waals surface area contributed by atoms with Crippen LogP contribution in [0, 0.1) is 6.92 Å². The van der Waals surface area contributed by atoms with Crippen molar-refractivity contribution in [2.45, 2.75) is 13.3 Å². The van der Waals surface area contributed by atoms with Gasteiger partial charge < -0.3 is 5.73 Å². The standard InChI is InChI=1S/C18H15ClN2O2/c1-11-15(10-17(20)22)14-4-2-3-5-16(14)21(11)18(23)12-6-8-13(19)9-7-12/h2-9H,10H2,1H3,(H2,20,22). The number of halogens is 1. The highest BCUT2D eigenvalue weighted by atomic mass is 35.5. The first kappa shape index (κ1) is 15.3. The van der Waals surface area contributed by atoms with Gasteiger partial charge in [0.25, 0.3) is 5.91 Å². The molecular formula is C18H15ClN2O2. The zero-order chi connectivity index (χ0) is 16.6. The van der Waals surface area contributed by atoms with Gasteiger partial charge in [-0.25, -0.2) is 0 Å². The van der Waals surface area contributed by atoms with Crippen LogP contribution in [0.2, 0.25) is 5.02 Å². The number of fused-ring (bicyclic) bond motifs is 1. The van der Waals surface area contributed by atoms with Crippen LogP contribution in [0.3, 0.4) is 0 Å². The van der Waals surface area contributed by atoms with E-state index in [4.69, 9.17) is 17.3 Å². The third-order valence-electron chi connectivity index (χ3n) is 3.89. The Morgan fingerprint density at radius 2 is 1.74 bits per heavy atom. The third-order valence-corrected chi connectivity index (χ3v) is 4.14. The van der Waals surface area contributed by atoms with Crippen LogP contribution in [0.4, 0.5) is 0 Å². The maximum absolute atomic E-state index is 12.9. The lowest BCUT2D eigenvalue weighted by atomic mass is 10.1. The van der Waals surface area contributed by atoms with Gasteiger partial charge in [0.15, 0.2) is 0 Å². The molecule has 0 bridgehead atoms. The number of carbonyl (C=O) groups is 2. The Morgan fingerprint density at radius 1 is 1.09 bits per heavy atom. The van der Waals surface area contributed by atoms with E-state index >= 15 is 0 Å². The van der Waals surface area contributed by atoms with Crippen LogP contribution in [0.15, 0.2) is 48.5 Å². The molecule has 116 valence electrons. The Balaban J connectivity index is 2.21. The summed E-state index contributed by atoms with van der Waals surface area (Å²) >= 11 is 5.88. The minimum absolute atomic E-state index is 0.104. The molecule has 3 aromatic rings. The first-order valence-electron chi connectivity index (χ1n) is 7.16. The zero-order valence-electron chi connectivity index (χ0n) is 12.5. The van der Waals surface area contributed by atoms with Gasteiger partial charge in [-0.1, -0.05) is 29.8 Å². The number of hydrogen-bond donors (Lipinski definition) is 1. The van der Waals surface area contributed by atoms with Crippen LogP contribution in [0.5, 0.6) is 0 Å². The Labute approximate surface area is 138 Å². The molecule has 1 aromatic heterocycles. The molecule has 5 heteroatoms. The molecule has 2 aromatic carbocycles. The van der Waals surface area contributed by atoms with Gasteiger partial charge in [0.1, 0.15) is 0 Å². The second-order valence-corrected chi connectivity index (χ2v) is 5.81. The Morgan fingerprint density at radius 3 is 2.39 bits per heavy atom. The van der Waals surface area contributed by atoms with Crippen molar-refractivity contribution in [1.82, 2.24) is 4.57 Å². The number of nitrogens with two attached hydrogens (primary N) is 1. The highest BCUT2D eigenvalue weighted by Gasteiger charge is 2.20. The summed E-state index contributed by atoms with van der Waals surface area (Å²) < 4.78 is 1.62. The summed E-state index contributed by atoms with van der Waals surface area (Å²) in [6.07, 6.45) is 0.104. The average molecular weight is 327 g/mol. The Kier molecular flexibility index (Phi) is 3.92. The lowest BCUT2D eigenvalue weighted by Gasteiger charge is -2.07. The number of aromatic nitrogens is 1. The highest BCUT2D eigenvalue weighted by molar-refractivity contribution is 6.30. The number of carbonyl (C=O) groups excluding carboxylic acids is 2. The molecule has 23 heavy (non-hydrogen) atoms. The van der Waals surface area contributed by atoms with Crippen LogP contribution < -0.4 is 5.73 Å². The number of amides is 1. The molecule has 0 saturated carbocycles. The van der Waals surface area contributed by atoms with Gasteiger partial charge in [0.05, 0.1) is 11.9 Å². The summed E-state index contributed by atoms with van der Waals surface area (Å²) in [5.74, 6) is -0.582. The van der Waals surface area contributed by atoms with E-state index in [1.807, 2.05) is 31.2 Å². The maximum atomic E-state index is 12.9. The molecule has 0 saturated heterocycles. The molecule has 1 amide bonds. The Bertz CT molecular complexity index is 911. The van der Waals surface area contributed by atoms with Gasteiger partial charge in [-0.05, 0) is 42.8 Å². The SMILES string of the molecule is Cc1c(CC(N)=O)c2ccccc2n1C(=O)c1ccc(Cl)cc1. The van der Waals surface area contributed by atoms with Crippen molar-refractivity contribution < 1.29 is 9.59 Å². The predicted molar refractivity (Wildman–Crippen MR) is 90.8 cm³/mol. The molecule has 0 unspecified atom stereocenters. The summed E-state index contributed by atoms with van der Waals surface area (Å²) in [5.41, 5.74) is 8.16. The number of rotatable bonds is 3. The lowest BCUT2D eigenvalue weighted by Crippen LogP contribution is -2.16. The van der Waals surface area contributed by atoms with E-state index in [9.17, 15) is 9.59 Å². The number of primary amides is 1. The Hall–Kier alpha value is -2.59. The zero-order valence-corrected chi connectivity index (χ0v) is 13.3. The van der Waals surface area contributed by atoms with E-state index < -0.39 is 5.91 Å². The molecule has 0 spiro atoms. The summed E-state index contributed by atoms with van der Waals surface area (Å²) in [6, 6.07) is 14.2. The van der Waals surface area contributed by atoms with E-state index in [1.165, 1.54) is 0 Å². The van der Waals surface area contributed by atoms with Crippen LogP contribution in [0.1, 0.15) is 21.6 Å². The number of nitrogens with zero attached hydrogens (tertiary/aromatic N) is 1. The summed E-state index contributed by atoms with van der Waals surface area (Å²) in [5, 5.41) is 1.44. The molecule has 3 rings (SSSR count). The molecule has 0 aliphatic heterocycles. The average Bonchev–Trinajstić information content (AvgIpc) is 2.80. The molecule has 4 nitrogen and oxygen atoms in total. The minimum Gasteiger partial charge on any atom is -0.369 e. The third kappa shape index (κ3) is 2.73. The van der Waals surface area contributed by atoms with Crippen LogP contribution >= 0.6 is 11.6 Å². The maximum Gasteiger partial charge on any atom is 0.262 e. The second-order valence-electron chi connectivity index (χ2n) is 5.37. The predicted octanol–water partition coefficient (Wildman–Crippen LogP) is 3.32. The van der Waals surface area contributed by atoms with Crippen molar-refractivity contribution >= 4 is 34.3 Å². The fraction of sp³-hybridized carbons (Fsp3) is 0.111. The molecular weight excluding hydrogens is 312 g/mol. The van der Waals surface area contributed by atoms with Crippen molar-refractivity contribution in [3.63, 3.8) is 0 Å². The number of benzene rings is 2. The van der Waals surface area contributed by atoms with Gasteiger partial charge >= 0.3 is 0 Å². The van der Waals surface area contributed by atoms with E-state index in [2.05, 4.69) is 0 Å². The fourth-order valence-electron chi connectivity index (χ4n) is 2.82. The molecule has 1 heterocycles. The van der Waals surface area contributed by atoms with Crippen molar-refractivity contribution in [2.24, 2.45) is 5.73 Å². The van der Waals surface area contributed by atoms with E-state index in [1.54, 1.807) is 28.8 Å². The summed E-state index contributed by atoms with van der Waals surface area (Å²) in [6.45, 7) is 1.83. The first-order valence-corrected chi connectivity index (χ1v) is 7.54. The lowest BCUT2D eigenvalue weighted by molar-refractivity contribution is -0.117. The van der Waals surface area contributed by atoms with Gasteiger partial charge in [-0.2, -0.15) is 0 Å². The fourth-order valence-corrected chi connectivity index (χ4v) is 2.94. The van der Waals surface area contributed by atoms with Gasteiger partial charge in [0.2, 0.25) is 5.91 Å². The van der Waals surface area contributed by atoms with Gasteiger partial charge in [-0.15, -0.1) is 0 Å². The van der Waals surface area contributed by atoms with E-state index in [0.29, 0.717) is 10.6 Å². The minimum atomic E-state index is -0.421. The monoisotopic (exact) mass is 326 g/mol. The largest absolute Gasteiger partial charge is 0.369 e. The number of para-hydroxylation sites is 1. The van der Waals surface area contributed by atoms with E-state index in [-0.39, 0.29) is 12.3 Å². The second kappa shape index (κ2) is 5.89. The molecule has 0 aliphatic rings. The molecule has 0 aliphatic carbocycles. The van der Waals surface area contributed by atoms with Crippen molar-refractivity contribution in [2.75, 3.05) is 0 Å². The number of hydrogen-bond acceptors (Lipinski definition) is 2. The normalized spacial score (nSPS) is 10.9. The highest BCUT2D eigenvalue weighted by Crippen LogP contribution is 2.27.